The third-order valence-corrected chi connectivity index (χ3v) is 4.35. The molecule has 0 saturated heterocycles. The van der Waals surface area contributed by atoms with Gasteiger partial charge in [-0.1, -0.05) is 6.07 Å². The van der Waals surface area contributed by atoms with Gasteiger partial charge in [-0.05, 0) is 42.8 Å². The van der Waals surface area contributed by atoms with Crippen molar-refractivity contribution >= 4 is 23.1 Å². The maximum Gasteiger partial charge on any atom is 0.256 e. The number of hydrogen-bond donors (Lipinski definition) is 1. The summed E-state index contributed by atoms with van der Waals surface area (Å²) in [4.78, 5) is 16.5. The van der Waals surface area contributed by atoms with E-state index in [9.17, 15) is 4.79 Å². The molecule has 0 radical (unpaired) electrons. The second-order valence-electron chi connectivity index (χ2n) is 6.47. The third kappa shape index (κ3) is 4.03. The predicted octanol–water partition coefficient (Wildman–Crippen LogP) is 3.16. The fourth-order valence-corrected chi connectivity index (χ4v) is 2.93. The van der Waals surface area contributed by atoms with Crippen LogP contribution >= 0.6 is 0 Å². The number of carbonyl (C=O) groups is 1. The number of hydrogen-bond acceptors (Lipinski definition) is 5. The molecular formula is C20H20N6O. The number of anilines is 2. The van der Waals surface area contributed by atoms with E-state index in [1.807, 2.05) is 42.4 Å². The lowest BCUT2D eigenvalue weighted by Gasteiger charge is -2.13. The highest BCUT2D eigenvalue weighted by molar-refractivity contribution is 6.03. The summed E-state index contributed by atoms with van der Waals surface area (Å²) in [6.07, 6.45) is 6.34. The topological polar surface area (TPSA) is 75.4 Å². The molecular weight excluding hydrogens is 340 g/mol. The summed E-state index contributed by atoms with van der Waals surface area (Å²) in [5.41, 5.74) is 3.75. The fraction of sp³-hybridized carbons (Fsp3) is 0.200. The van der Waals surface area contributed by atoms with E-state index in [4.69, 9.17) is 0 Å². The van der Waals surface area contributed by atoms with Crippen molar-refractivity contribution in [1.29, 1.82) is 0 Å². The fourth-order valence-electron chi connectivity index (χ4n) is 2.93. The molecule has 0 saturated carbocycles. The highest BCUT2D eigenvalue weighted by atomic mass is 16.1. The van der Waals surface area contributed by atoms with Gasteiger partial charge >= 0.3 is 0 Å². The molecule has 0 spiro atoms. The minimum atomic E-state index is -0.186. The van der Waals surface area contributed by atoms with Crippen molar-refractivity contribution in [2.24, 2.45) is 5.10 Å². The van der Waals surface area contributed by atoms with Gasteiger partial charge in [-0.15, -0.1) is 0 Å². The Morgan fingerprint density at radius 3 is 2.74 bits per heavy atom. The van der Waals surface area contributed by atoms with Gasteiger partial charge in [-0.2, -0.15) is 10.2 Å². The van der Waals surface area contributed by atoms with Crippen LogP contribution in [-0.2, 0) is 6.54 Å². The van der Waals surface area contributed by atoms with Gasteiger partial charge < -0.3 is 5.32 Å². The van der Waals surface area contributed by atoms with Crippen LogP contribution in [0.25, 0.3) is 0 Å². The van der Waals surface area contributed by atoms with Gasteiger partial charge in [-0.3, -0.25) is 19.5 Å². The van der Waals surface area contributed by atoms with Crippen molar-refractivity contribution in [1.82, 2.24) is 14.8 Å². The SMILES string of the molecule is CC1=NN(c2ccc(C(=O)Nc3ccn(Cc4cccnc4)n3)cc2)CC1. The summed E-state index contributed by atoms with van der Waals surface area (Å²) in [7, 11) is 0. The molecule has 3 aromatic rings. The predicted molar refractivity (Wildman–Crippen MR) is 105 cm³/mol. The highest BCUT2D eigenvalue weighted by Gasteiger charge is 2.14. The van der Waals surface area contributed by atoms with E-state index in [-0.39, 0.29) is 5.91 Å². The molecule has 4 rings (SSSR count). The Hall–Kier alpha value is -3.48. The molecule has 0 bridgehead atoms. The molecule has 27 heavy (non-hydrogen) atoms. The Morgan fingerprint density at radius 1 is 1.19 bits per heavy atom. The molecule has 0 atom stereocenters. The molecule has 7 nitrogen and oxygen atoms in total. The summed E-state index contributed by atoms with van der Waals surface area (Å²) < 4.78 is 1.77. The number of nitrogens with one attached hydrogen (secondary N) is 1. The number of carbonyl (C=O) groups excluding carboxylic acids is 1. The van der Waals surface area contributed by atoms with Gasteiger partial charge in [0.2, 0.25) is 0 Å². The highest BCUT2D eigenvalue weighted by Crippen LogP contribution is 2.20. The van der Waals surface area contributed by atoms with E-state index in [0.29, 0.717) is 17.9 Å². The maximum absolute atomic E-state index is 12.5. The molecule has 1 amide bonds. The molecule has 3 heterocycles. The number of hydrazone groups is 1. The average molecular weight is 360 g/mol. The van der Waals surface area contributed by atoms with Crippen molar-refractivity contribution < 1.29 is 4.79 Å². The van der Waals surface area contributed by atoms with E-state index in [2.05, 4.69) is 20.5 Å². The van der Waals surface area contributed by atoms with Crippen LogP contribution in [0.3, 0.4) is 0 Å². The Balaban J connectivity index is 1.39. The first-order valence-electron chi connectivity index (χ1n) is 8.83. The van der Waals surface area contributed by atoms with Crippen LogP contribution in [0.2, 0.25) is 0 Å². The number of pyridine rings is 1. The smallest absolute Gasteiger partial charge is 0.256 e. The standard InChI is InChI=1S/C20H20N6O/c1-15-8-12-26(23-15)18-6-4-17(5-7-18)20(27)22-19-9-11-25(24-19)14-16-3-2-10-21-13-16/h2-7,9-11,13H,8,12,14H2,1H3,(H,22,24,27). The molecule has 2 aromatic heterocycles. The van der Waals surface area contributed by atoms with Crippen LogP contribution < -0.4 is 10.3 Å². The van der Waals surface area contributed by atoms with Crippen LogP contribution in [0, 0.1) is 0 Å². The van der Waals surface area contributed by atoms with Gasteiger partial charge in [0, 0.05) is 48.9 Å². The van der Waals surface area contributed by atoms with E-state index in [1.165, 1.54) is 0 Å². The molecule has 1 aromatic carbocycles. The maximum atomic E-state index is 12.5. The molecule has 1 N–H and O–H groups in total. The first-order chi connectivity index (χ1) is 13.2. The van der Waals surface area contributed by atoms with E-state index >= 15 is 0 Å². The van der Waals surface area contributed by atoms with Crippen LogP contribution in [-0.4, -0.2) is 32.9 Å². The first-order valence-corrected chi connectivity index (χ1v) is 8.83. The van der Waals surface area contributed by atoms with Gasteiger partial charge in [0.1, 0.15) is 0 Å². The van der Waals surface area contributed by atoms with Crippen LogP contribution in [0.1, 0.15) is 29.3 Å². The summed E-state index contributed by atoms with van der Waals surface area (Å²) in [5.74, 6) is 0.335. The summed E-state index contributed by atoms with van der Waals surface area (Å²) in [6, 6.07) is 13.1. The largest absolute Gasteiger partial charge is 0.305 e. The number of amides is 1. The molecule has 1 aliphatic rings. The van der Waals surface area contributed by atoms with Gasteiger partial charge in [0.15, 0.2) is 5.82 Å². The lowest BCUT2D eigenvalue weighted by atomic mass is 10.2. The van der Waals surface area contributed by atoms with Crippen molar-refractivity contribution in [3.8, 4) is 0 Å². The summed E-state index contributed by atoms with van der Waals surface area (Å²) >= 11 is 0. The molecule has 0 fully saturated rings. The Morgan fingerprint density at radius 2 is 2.04 bits per heavy atom. The van der Waals surface area contributed by atoms with Crippen LogP contribution in [0.5, 0.6) is 0 Å². The van der Waals surface area contributed by atoms with Gasteiger partial charge in [0.25, 0.3) is 5.91 Å². The zero-order valence-corrected chi connectivity index (χ0v) is 15.0. The van der Waals surface area contributed by atoms with Crippen molar-refractivity contribution in [2.45, 2.75) is 19.9 Å². The molecule has 7 heteroatoms. The Labute approximate surface area is 157 Å². The normalized spacial score (nSPS) is 13.5. The van der Waals surface area contributed by atoms with Crippen LogP contribution in [0.15, 0.2) is 66.2 Å². The Kier molecular flexibility index (Phi) is 4.65. The second kappa shape index (κ2) is 7.41. The monoisotopic (exact) mass is 360 g/mol. The number of aromatic nitrogens is 3. The first kappa shape index (κ1) is 17.0. The van der Waals surface area contributed by atoms with E-state index in [0.717, 1.165) is 29.9 Å². The van der Waals surface area contributed by atoms with Gasteiger partial charge in [0.05, 0.1) is 12.2 Å². The lowest BCUT2D eigenvalue weighted by molar-refractivity contribution is 0.102. The van der Waals surface area contributed by atoms with Crippen LogP contribution in [0.4, 0.5) is 11.5 Å². The molecule has 0 aliphatic carbocycles. The van der Waals surface area contributed by atoms with E-state index < -0.39 is 0 Å². The van der Waals surface area contributed by atoms with Gasteiger partial charge in [-0.25, -0.2) is 0 Å². The molecule has 0 unspecified atom stereocenters. The summed E-state index contributed by atoms with van der Waals surface area (Å²) in [6.45, 7) is 3.51. The van der Waals surface area contributed by atoms with Crippen molar-refractivity contribution in [3.05, 3.63) is 72.2 Å². The number of nitrogens with zero attached hydrogens (tertiary/aromatic N) is 5. The minimum absolute atomic E-state index is 0.186. The zero-order valence-electron chi connectivity index (χ0n) is 15.0. The average Bonchev–Trinajstić information content (AvgIpc) is 3.31. The molecule has 1 aliphatic heterocycles. The third-order valence-electron chi connectivity index (χ3n) is 4.35. The lowest BCUT2D eigenvalue weighted by Crippen LogP contribution is -2.14. The zero-order chi connectivity index (χ0) is 18.6. The second-order valence-corrected chi connectivity index (χ2v) is 6.47. The van der Waals surface area contributed by atoms with Crippen molar-refractivity contribution in [2.75, 3.05) is 16.9 Å². The summed E-state index contributed by atoms with van der Waals surface area (Å²) in [5, 5.41) is 13.6. The van der Waals surface area contributed by atoms with E-state index in [1.54, 1.807) is 35.3 Å². The number of benzene rings is 1. The molecule has 136 valence electrons. The Bertz CT molecular complexity index is 962. The number of rotatable bonds is 5. The quantitative estimate of drug-likeness (QED) is 0.758. The van der Waals surface area contributed by atoms with Crippen molar-refractivity contribution in [3.63, 3.8) is 0 Å². The minimum Gasteiger partial charge on any atom is -0.305 e.